The summed E-state index contributed by atoms with van der Waals surface area (Å²) in [5.74, 6) is 0.270. The third kappa shape index (κ3) is 3.85. The first-order valence-corrected chi connectivity index (χ1v) is 10.1. The van der Waals surface area contributed by atoms with Gasteiger partial charge in [0.15, 0.2) is 0 Å². The number of aromatic hydroxyl groups is 1. The Morgan fingerprint density at radius 3 is 1.40 bits per heavy atom. The number of para-hydroxylation sites is 1. The molecule has 0 bridgehead atoms. The van der Waals surface area contributed by atoms with Crippen molar-refractivity contribution in [3.05, 3.63) is 131 Å². The van der Waals surface area contributed by atoms with Crippen LogP contribution in [0, 0.1) is 0 Å². The Kier molecular flexibility index (Phi) is 5.67. The number of rotatable bonds is 5. The van der Waals surface area contributed by atoms with Gasteiger partial charge in [0.1, 0.15) is 5.75 Å². The van der Waals surface area contributed by atoms with Crippen LogP contribution in [0.2, 0.25) is 0 Å². The maximum atomic E-state index is 10.7. The molecule has 2 nitrogen and oxygen atoms in total. The van der Waals surface area contributed by atoms with Gasteiger partial charge >= 0.3 is 0 Å². The van der Waals surface area contributed by atoms with Gasteiger partial charge in [-0.3, -0.25) is 0 Å². The Morgan fingerprint density at radius 2 is 0.967 bits per heavy atom. The van der Waals surface area contributed by atoms with Crippen molar-refractivity contribution in [1.29, 1.82) is 0 Å². The minimum absolute atomic E-state index is 0.270. The number of phenolic OH excluding ortho intramolecular Hbond substituents is 1. The highest BCUT2D eigenvalue weighted by molar-refractivity contribution is 6.07. The van der Waals surface area contributed by atoms with E-state index >= 15 is 0 Å². The van der Waals surface area contributed by atoms with Crippen LogP contribution in [-0.2, 0) is 0 Å². The van der Waals surface area contributed by atoms with Crippen LogP contribution in [0.25, 0.3) is 11.1 Å². The van der Waals surface area contributed by atoms with Gasteiger partial charge in [0.25, 0.3) is 0 Å². The van der Waals surface area contributed by atoms with Crippen LogP contribution >= 0.6 is 0 Å². The van der Waals surface area contributed by atoms with E-state index in [1.165, 1.54) is 0 Å². The SMILES string of the molecule is CN(C)c1c(O)cccc1C(=C(c1ccccc1)c1ccccc1)c1ccccc1. The molecular weight excluding hydrogens is 366 g/mol. The molecule has 0 fully saturated rings. The van der Waals surface area contributed by atoms with Gasteiger partial charge in [0.05, 0.1) is 5.69 Å². The van der Waals surface area contributed by atoms with Crippen LogP contribution in [0.1, 0.15) is 22.3 Å². The number of hydrogen-bond donors (Lipinski definition) is 1. The van der Waals surface area contributed by atoms with Gasteiger partial charge in [-0.25, -0.2) is 0 Å². The average Bonchev–Trinajstić information content (AvgIpc) is 2.78. The van der Waals surface area contributed by atoms with Crippen LogP contribution in [0.3, 0.4) is 0 Å². The lowest BCUT2D eigenvalue weighted by atomic mass is 9.85. The second-order valence-electron chi connectivity index (χ2n) is 7.42. The van der Waals surface area contributed by atoms with Gasteiger partial charge in [-0.2, -0.15) is 0 Å². The Labute approximate surface area is 178 Å². The van der Waals surface area contributed by atoms with E-state index in [0.29, 0.717) is 0 Å². The second-order valence-corrected chi connectivity index (χ2v) is 7.42. The first-order chi connectivity index (χ1) is 14.7. The van der Waals surface area contributed by atoms with E-state index in [1.54, 1.807) is 6.07 Å². The summed E-state index contributed by atoms with van der Waals surface area (Å²) in [5.41, 5.74) is 7.40. The minimum Gasteiger partial charge on any atom is -0.506 e. The normalized spacial score (nSPS) is 10.5. The highest BCUT2D eigenvalue weighted by Gasteiger charge is 2.20. The summed E-state index contributed by atoms with van der Waals surface area (Å²) in [7, 11) is 3.93. The van der Waals surface area contributed by atoms with Gasteiger partial charge in [-0.15, -0.1) is 0 Å². The van der Waals surface area contributed by atoms with Crippen molar-refractivity contribution in [3.8, 4) is 5.75 Å². The first kappa shape index (κ1) is 19.5. The molecule has 0 aliphatic heterocycles. The van der Waals surface area contributed by atoms with E-state index in [0.717, 1.165) is 39.1 Å². The molecule has 4 rings (SSSR count). The van der Waals surface area contributed by atoms with Crippen molar-refractivity contribution in [1.82, 2.24) is 0 Å². The molecule has 0 heterocycles. The Morgan fingerprint density at radius 1 is 0.533 bits per heavy atom. The molecule has 0 radical (unpaired) electrons. The third-order valence-electron chi connectivity index (χ3n) is 5.17. The van der Waals surface area contributed by atoms with Crippen molar-refractivity contribution >= 4 is 16.8 Å². The molecule has 0 unspecified atom stereocenters. The largest absolute Gasteiger partial charge is 0.506 e. The predicted molar refractivity (Wildman–Crippen MR) is 127 cm³/mol. The lowest BCUT2D eigenvalue weighted by Crippen LogP contribution is -2.12. The fraction of sp³-hybridized carbons (Fsp3) is 0.0714. The molecular formula is C28H25NO. The molecule has 4 aromatic carbocycles. The number of anilines is 1. The highest BCUT2D eigenvalue weighted by Crippen LogP contribution is 2.42. The van der Waals surface area contributed by atoms with Crippen LogP contribution in [0.5, 0.6) is 5.75 Å². The first-order valence-electron chi connectivity index (χ1n) is 10.1. The van der Waals surface area contributed by atoms with Crippen LogP contribution in [0.4, 0.5) is 5.69 Å². The maximum Gasteiger partial charge on any atom is 0.139 e. The Bertz CT molecular complexity index is 1110. The highest BCUT2D eigenvalue weighted by atomic mass is 16.3. The predicted octanol–water partition coefficient (Wildman–Crippen LogP) is 6.47. The molecule has 148 valence electrons. The Balaban J connectivity index is 2.17. The van der Waals surface area contributed by atoms with Gasteiger partial charge in [0, 0.05) is 19.7 Å². The zero-order chi connectivity index (χ0) is 20.9. The molecule has 0 atom stereocenters. The average molecular weight is 392 g/mol. The maximum absolute atomic E-state index is 10.7. The number of hydrogen-bond acceptors (Lipinski definition) is 2. The van der Waals surface area contributed by atoms with Crippen LogP contribution in [0.15, 0.2) is 109 Å². The summed E-state index contributed by atoms with van der Waals surface area (Å²) in [4.78, 5) is 1.97. The third-order valence-corrected chi connectivity index (χ3v) is 5.17. The molecule has 1 N–H and O–H groups in total. The molecule has 0 aromatic heterocycles. The van der Waals surface area contributed by atoms with Crippen LogP contribution < -0.4 is 4.90 Å². The topological polar surface area (TPSA) is 23.5 Å². The van der Waals surface area contributed by atoms with Crippen LogP contribution in [-0.4, -0.2) is 19.2 Å². The monoisotopic (exact) mass is 391 g/mol. The molecule has 0 saturated heterocycles. The van der Waals surface area contributed by atoms with E-state index in [4.69, 9.17) is 0 Å². The molecule has 0 amide bonds. The van der Waals surface area contributed by atoms with Crippen molar-refractivity contribution in [3.63, 3.8) is 0 Å². The summed E-state index contributed by atoms with van der Waals surface area (Å²) in [6.45, 7) is 0. The smallest absolute Gasteiger partial charge is 0.139 e. The number of nitrogens with zero attached hydrogens (tertiary/aromatic N) is 1. The molecule has 4 aromatic rings. The number of benzene rings is 4. The molecule has 0 spiro atoms. The van der Waals surface area contributed by atoms with E-state index in [9.17, 15) is 5.11 Å². The molecule has 30 heavy (non-hydrogen) atoms. The fourth-order valence-corrected chi connectivity index (χ4v) is 3.91. The van der Waals surface area contributed by atoms with Crippen molar-refractivity contribution in [2.75, 3.05) is 19.0 Å². The quantitative estimate of drug-likeness (QED) is 0.394. The molecule has 0 aliphatic rings. The van der Waals surface area contributed by atoms with Crippen molar-refractivity contribution in [2.24, 2.45) is 0 Å². The van der Waals surface area contributed by atoms with Crippen molar-refractivity contribution < 1.29 is 5.11 Å². The summed E-state index contributed by atoms with van der Waals surface area (Å²) in [5, 5.41) is 10.7. The van der Waals surface area contributed by atoms with E-state index in [-0.39, 0.29) is 5.75 Å². The Hall–Kier alpha value is -3.78. The van der Waals surface area contributed by atoms with Crippen molar-refractivity contribution in [2.45, 2.75) is 0 Å². The molecule has 0 aliphatic carbocycles. The zero-order valence-electron chi connectivity index (χ0n) is 17.3. The van der Waals surface area contributed by atoms with Gasteiger partial charge in [-0.1, -0.05) is 103 Å². The van der Waals surface area contributed by atoms with E-state index in [2.05, 4.69) is 78.9 Å². The molecule has 0 saturated carbocycles. The second kappa shape index (κ2) is 8.71. The van der Waals surface area contributed by atoms with Gasteiger partial charge < -0.3 is 10.0 Å². The van der Waals surface area contributed by atoms with E-state index < -0.39 is 0 Å². The lowest BCUT2D eigenvalue weighted by Gasteiger charge is -2.24. The van der Waals surface area contributed by atoms with E-state index in [1.807, 2.05) is 43.3 Å². The fourth-order valence-electron chi connectivity index (χ4n) is 3.91. The lowest BCUT2D eigenvalue weighted by molar-refractivity contribution is 0.475. The summed E-state index contributed by atoms with van der Waals surface area (Å²) in [6, 6.07) is 37.0. The summed E-state index contributed by atoms with van der Waals surface area (Å²) >= 11 is 0. The van der Waals surface area contributed by atoms with Gasteiger partial charge in [0.2, 0.25) is 0 Å². The molecule has 2 heteroatoms. The van der Waals surface area contributed by atoms with Gasteiger partial charge in [-0.05, 0) is 33.9 Å². The minimum atomic E-state index is 0.270. The zero-order valence-corrected chi connectivity index (χ0v) is 17.3. The standard InChI is InChI=1S/C28H25NO/c1-29(2)28-24(19-12-20-25(28)30)27(23-17-10-5-11-18-23)26(21-13-6-3-7-14-21)22-15-8-4-9-16-22/h3-20,30H,1-2H3. The summed E-state index contributed by atoms with van der Waals surface area (Å²) in [6.07, 6.45) is 0. The summed E-state index contributed by atoms with van der Waals surface area (Å²) < 4.78 is 0. The number of phenols is 1.